The van der Waals surface area contributed by atoms with Crippen molar-refractivity contribution in [3.05, 3.63) is 64.7 Å². The molecule has 5 nitrogen and oxygen atoms in total. The van der Waals surface area contributed by atoms with Gasteiger partial charge in [-0.15, -0.1) is 0 Å². The Morgan fingerprint density at radius 3 is 2.70 bits per heavy atom. The van der Waals surface area contributed by atoms with Gasteiger partial charge in [0.15, 0.2) is 5.78 Å². The fourth-order valence-corrected chi connectivity index (χ4v) is 4.26. The molecule has 1 unspecified atom stereocenters. The van der Waals surface area contributed by atoms with Crippen LogP contribution < -0.4 is 4.72 Å². The molecule has 2 aromatic rings. The Bertz CT molecular complexity index is 943. The van der Waals surface area contributed by atoms with Crippen LogP contribution in [0.15, 0.2) is 47.4 Å². The van der Waals surface area contributed by atoms with Gasteiger partial charge < -0.3 is 0 Å². The van der Waals surface area contributed by atoms with Crippen LogP contribution in [0.3, 0.4) is 0 Å². The first kappa shape index (κ1) is 15.4. The topological polar surface area (TPSA) is 87.0 Å². The molecule has 23 heavy (non-hydrogen) atoms. The fourth-order valence-electron chi connectivity index (χ4n) is 2.78. The summed E-state index contributed by atoms with van der Waals surface area (Å²) in [6.45, 7) is 1.67. The lowest BCUT2D eigenvalue weighted by Gasteiger charge is -2.15. The second kappa shape index (κ2) is 5.61. The van der Waals surface area contributed by atoms with E-state index >= 15 is 0 Å². The summed E-state index contributed by atoms with van der Waals surface area (Å²) in [6, 6.07) is 12.9. The van der Waals surface area contributed by atoms with Crippen molar-refractivity contribution in [2.45, 2.75) is 24.3 Å². The van der Waals surface area contributed by atoms with Crippen molar-refractivity contribution in [2.75, 3.05) is 0 Å². The molecule has 0 aliphatic heterocycles. The minimum atomic E-state index is -3.83. The number of nitrogens with zero attached hydrogens (tertiary/aromatic N) is 1. The molecule has 3 rings (SSSR count). The number of carbonyl (C=O) groups is 1. The van der Waals surface area contributed by atoms with Crippen LogP contribution in [-0.4, -0.2) is 14.2 Å². The number of nitrogens with one attached hydrogen (secondary N) is 1. The zero-order valence-corrected chi connectivity index (χ0v) is 13.2. The van der Waals surface area contributed by atoms with E-state index in [2.05, 4.69) is 4.72 Å². The van der Waals surface area contributed by atoms with Crippen molar-refractivity contribution in [3.63, 3.8) is 0 Å². The van der Waals surface area contributed by atoms with Crippen LogP contribution in [0.1, 0.15) is 39.5 Å². The minimum absolute atomic E-state index is 0.0633. The quantitative estimate of drug-likeness (QED) is 0.938. The maximum atomic E-state index is 12.7. The van der Waals surface area contributed by atoms with Gasteiger partial charge in [-0.25, -0.2) is 13.1 Å². The molecule has 0 heterocycles. The van der Waals surface area contributed by atoms with Gasteiger partial charge in [0, 0.05) is 12.0 Å². The molecule has 0 amide bonds. The highest BCUT2D eigenvalue weighted by atomic mass is 32.2. The number of nitriles is 1. The van der Waals surface area contributed by atoms with Crippen LogP contribution in [0.2, 0.25) is 0 Å². The number of ketones is 1. The highest BCUT2D eigenvalue weighted by molar-refractivity contribution is 7.89. The molecule has 6 heteroatoms. The van der Waals surface area contributed by atoms with Gasteiger partial charge in [0.05, 0.1) is 22.6 Å². The largest absolute Gasteiger partial charge is 0.294 e. The monoisotopic (exact) mass is 326 g/mol. The lowest BCUT2D eigenvalue weighted by molar-refractivity contribution is 0.0988. The van der Waals surface area contributed by atoms with Gasteiger partial charge in [0.2, 0.25) is 10.0 Å². The summed E-state index contributed by atoms with van der Waals surface area (Å²) in [6.07, 6.45) is 0.107. The van der Waals surface area contributed by atoms with Crippen molar-refractivity contribution in [2.24, 2.45) is 0 Å². The molecule has 0 bridgehead atoms. The molecule has 116 valence electrons. The van der Waals surface area contributed by atoms with Crippen molar-refractivity contribution < 1.29 is 13.2 Å². The van der Waals surface area contributed by atoms with Gasteiger partial charge >= 0.3 is 0 Å². The summed E-state index contributed by atoms with van der Waals surface area (Å²) in [7, 11) is -3.83. The van der Waals surface area contributed by atoms with Gasteiger partial charge in [-0.05, 0) is 30.2 Å². The summed E-state index contributed by atoms with van der Waals surface area (Å²) < 4.78 is 27.9. The van der Waals surface area contributed by atoms with Crippen molar-refractivity contribution >= 4 is 15.8 Å². The minimum Gasteiger partial charge on any atom is -0.294 e. The Morgan fingerprint density at radius 2 is 1.96 bits per heavy atom. The van der Waals surface area contributed by atoms with E-state index in [1.807, 2.05) is 6.07 Å². The zero-order chi connectivity index (χ0) is 16.6. The number of aryl methyl sites for hydroxylation is 1. The normalized spacial score (nSPS) is 16.9. The first-order valence-corrected chi connectivity index (χ1v) is 8.56. The van der Waals surface area contributed by atoms with Crippen LogP contribution in [-0.2, 0) is 10.0 Å². The predicted molar refractivity (Wildman–Crippen MR) is 84.3 cm³/mol. The number of hydrogen-bond acceptors (Lipinski definition) is 4. The molecule has 1 N–H and O–H groups in total. The second-order valence-corrected chi connectivity index (χ2v) is 7.16. The van der Waals surface area contributed by atoms with Crippen LogP contribution >= 0.6 is 0 Å². The molecule has 0 saturated carbocycles. The smallest absolute Gasteiger partial charge is 0.241 e. The number of rotatable bonds is 3. The van der Waals surface area contributed by atoms with E-state index in [1.165, 1.54) is 6.07 Å². The summed E-state index contributed by atoms with van der Waals surface area (Å²) >= 11 is 0. The van der Waals surface area contributed by atoms with Crippen LogP contribution in [0.5, 0.6) is 0 Å². The third-order valence-corrected chi connectivity index (χ3v) is 5.54. The second-order valence-electron chi connectivity index (χ2n) is 5.48. The molecular weight excluding hydrogens is 312 g/mol. The Labute approximate surface area is 134 Å². The summed E-state index contributed by atoms with van der Waals surface area (Å²) in [5, 5.41) is 8.96. The van der Waals surface area contributed by atoms with Gasteiger partial charge in [-0.3, -0.25) is 4.79 Å². The van der Waals surface area contributed by atoms with E-state index in [0.29, 0.717) is 16.7 Å². The maximum Gasteiger partial charge on any atom is 0.241 e. The summed E-state index contributed by atoms with van der Waals surface area (Å²) in [5.41, 5.74) is 2.07. The molecule has 0 spiro atoms. The molecule has 0 aromatic heterocycles. The molecular formula is C17H14N2O3S. The average molecular weight is 326 g/mol. The number of carbonyl (C=O) groups excluding carboxylic acids is 1. The maximum absolute atomic E-state index is 12.7. The number of hydrogen-bond donors (Lipinski definition) is 1. The zero-order valence-electron chi connectivity index (χ0n) is 12.4. The first-order chi connectivity index (χ1) is 10.9. The van der Waals surface area contributed by atoms with E-state index in [9.17, 15) is 13.2 Å². The molecule has 0 saturated heterocycles. The number of sulfonamides is 1. The van der Waals surface area contributed by atoms with Gasteiger partial charge in [0.1, 0.15) is 0 Å². The van der Waals surface area contributed by atoms with Crippen molar-refractivity contribution in [1.82, 2.24) is 4.72 Å². The third kappa shape index (κ3) is 2.77. The highest BCUT2D eigenvalue weighted by Gasteiger charge is 2.32. The lowest BCUT2D eigenvalue weighted by Crippen LogP contribution is -2.28. The Kier molecular flexibility index (Phi) is 3.76. The molecule has 0 fully saturated rings. The Hall–Kier alpha value is -2.49. The fraction of sp³-hybridized carbons (Fsp3) is 0.176. The summed E-state index contributed by atoms with van der Waals surface area (Å²) in [5.74, 6) is -0.0733. The van der Waals surface area contributed by atoms with Crippen molar-refractivity contribution in [3.8, 4) is 6.07 Å². The standard InChI is InChI=1S/C17H14N2O3S/c1-11-6-7-12(10-18)8-17(11)23(21,22)19-15-9-16(20)14-5-3-2-4-13(14)15/h2-8,15,19H,9H2,1H3. The average Bonchev–Trinajstić information content (AvgIpc) is 2.84. The number of Topliss-reactive ketones (excluding diaryl/α,β-unsaturated/α-hetero) is 1. The van der Waals surface area contributed by atoms with E-state index in [-0.39, 0.29) is 22.7 Å². The predicted octanol–water partition coefficient (Wildman–Crippen LogP) is 2.47. The molecule has 1 aliphatic carbocycles. The van der Waals surface area contributed by atoms with Crippen molar-refractivity contribution in [1.29, 1.82) is 5.26 Å². The molecule has 0 radical (unpaired) electrons. The highest BCUT2D eigenvalue weighted by Crippen LogP contribution is 2.32. The molecule has 2 aromatic carbocycles. The molecule has 1 aliphatic rings. The van der Waals surface area contributed by atoms with Gasteiger partial charge in [0.25, 0.3) is 0 Å². The van der Waals surface area contributed by atoms with Gasteiger partial charge in [-0.1, -0.05) is 30.3 Å². The van der Waals surface area contributed by atoms with Crippen LogP contribution in [0.4, 0.5) is 0 Å². The lowest BCUT2D eigenvalue weighted by atomic mass is 10.1. The van der Waals surface area contributed by atoms with E-state index in [0.717, 1.165) is 0 Å². The summed E-state index contributed by atoms with van der Waals surface area (Å²) in [4.78, 5) is 12.1. The Balaban J connectivity index is 1.98. The van der Waals surface area contributed by atoms with E-state index in [4.69, 9.17) is 5.26 Å². The van der Waals surface area contributed by atoms with Gasteiger partial charge in [-0.2, -0.15) is 5.26 Å². The Morgan fingerprint density at radius 1 is 1.22 bits per heavy atom. The van der Waals surface area contributed by atoms with Crippen LogP contribution in [0.25, 0.3) is 0 Å². The first-order valence-electron chi connectivity index (χ1n) is 7.07. The third-order valence-electron chi connectivity index (χ3n) is 3.93. The van der Waals surface area contributed by atoms with E-state index in [1.54, 1.807) is 43.3 Å². The number of benzene rings is 2. The van der Waals surface area contributed by atoms with E-state index < -0.39 is 16.1 Å². The SMILES string of the molecule is Cc1ccc(C#N)cc1S(=O)(=O)NC1CC(=O)c2ccccc21. The van der Waals surface area contributed by atoms with Crippen LogP contribution in [0, 0.1) is 18.3 Å². The molecule has 1 atom stereocenters. The number of fused-ring (bicyclic) bond motifs is 1.